The van der Waals surface area contributed by atoms with Crippen LogP contribution in [0.1, 0.15) is 48.8 Å². The number of pyridine rings is 1. The Morgan fingerprint density at radius 1 is 1.30 bits per heavy atom. The van der Waals surface area contributed by atoms with Gasteiger partial charge in [0, 0.05) is 18.0 Å². The van der Waals surface area contributed by atoms with Crippen molar-refractivity contribution >= 4 is 17.4 Å². The lowest BCUT2D eigenvalue weighted by molar-refractivity contribution is 0.0991. The SMILES string of the molecule is CCC(CC)n1ccc(CC(=O)c2ccc(Cl)nc2)n1. The van der Waals surface area contributed by atoms with Crippen LogP contribution in [-0.2, 0) is 6.42 Å². The molecule has 0 spiro atoms. The number of Topliss-reactive ketones (excluding diaryl/α,β-unsaturated/α-hetero) is 1. The Kier molecular flexibility index (Phi) is 4.90. The number of carbonyl (C=O) groups excluding carboxylic acids is 1. The van der Waals surface area contributed by atoms with Gasteiger partial charge in [0.15, 0.2) is 5.78 Å². The monoisotopic (exact) mass is 291 g/mol. The summed E-state index contributed by atoms with van der Waals surface area (Å²) >= 11 is 5.71. The van der Waals surface area contributed by atoms with Gasteiger partial charge in [-0.2, -0.15) is 5.10 Å². The second-order valence-corrected chi connectivity index (χ2v) is 5.11. The summed E-state index contributed by atoms with van der Waals surface area (Å²) < 4.78 is 1.95. The van der Waals surface area contributed by atoms with E-state index in [-0.39, 0.29) is 12.2 Å². The molecule has 2 aromatic rings. The molecule has 0 N–H and O–H groups in total. The number of carbonyl (C=O) groups is 1. The van der Waals surface area contributed by atoms with Gasteiger partial charge < -0.3 is 0 Å². The summed E-state index contributed by atoms with van der Waals surface area (Å²) in [5.74, 6) is 0.00367. The molecule has 0 atom stereocenters. The fourth-order valence-corrected chi connectivity index (χ4v) is 2.26. The topological polar surface area (TPSA) is 47.8 Å². The fraction of sp³-hybridized carbons (Fsp3) is 0.400. The van der Waals surface area contributed by atoms with Crippen LogP contribution in [0.25, 0.3) is 0 Å². The lowest BCUT2D eigenvalue weighted by atomic mass is 10.1. The minimum atomic E-state index is 0.00367. The Hall–Kier alpha value is -1.68. The minimum absolute atomic E-state index is 0.00367. The highest BCUT2D eigenvalue weighted by Crippen LogP contribution is 2.15. The summed E-state index contributed by atoms with van der Waals surface area (Å²) in [7, 11) is 0. The van der Waals surface area contributed by atoms with Gasteiger partial charge in [-0.3, -0.25) is 9.48 Å². The highest BCUT2D eigenvalue weighted by molar-refractivity contribution is 6.29. The Labute approximate surface area is 123 Å². The zero-order valence-corrected chi connectivity index (χ0v) is 12.5. The van der Waals surface area contributed by atoms with Gasteiger partial charge in [-0.1, -0.05) is 25.4 Å². The molecule has 106 valence electrons. The van der Waals surface area contributed by atoms with E-state index < -0.39 is 0 Å². The van der Waals surface area contributed by atoms with E-state index in [1.165, 1.54) is 6.20 Å². The first-order valence-corrected chi connectivity index (χ1v) is 7.20. The second kappa shape index (κ2) is 6.66. The van der Waals surface area contributed by atoms with Crippen LogP contribution >= 0.6 is 11.6 Å². The summed E-state index contributed by atoms with van der Waals surface area (Å²) in [6.45, 7) is 4.28. The van der Waals surface area contributed by atoms with Crippen LogP contribution in [-0.4, -0.2) is 20.5 Å². The van der Waals surface area contributed by atoms with Crippen LogP contribution in [0.15, 0.2) is 30.6 Å². The van der Waals surface area contributed by atoms with Gasteiger partial charge >= 0.3 is 0 Å². The summed E-state index contributed by atoms with van der Waals surface area (Å²) in [6.07, 6.45) is 5.80. The molecule has 2 rings (SSSR count). The Morgan fingerprint density at radius 2 is 2.05 bits per heavy atom. The molecule has 0 aliphatic carbocycles. The standard InChI is InChI=1S/C15H18ClN3O/c1-3-13(4-2)19-8-7-12(18-19)9-14(20)11-5-6-15(16)17-10-11/h5-8,10,13H,3-4,9H2,1-2H3. The van der Waals surface area contributed by atoms with Crippen molar-refractivity contribution in [2.24, 2.45) is 0 Å². The van der Waals surface area contributed by atoms with E-state index in [1.54, 1.807) is 12.1 Å². The van der Waals surface area contributed by atoms with Crippen LogP contribution in [0.4, 0.5) is 0 Å². The first kappa shape index (κ1) is 14.7. The molecular formula is C15H18ClN3O. The average Bonchev–Trinajstić information content (AvgIpc) is 2.89. The van der Waals surface area contributed by atoms with Gasteiger partial charge in [0.05, 0.1) is 18.2 Å². The van der Waals surface area contributed by atoms with Crippen LogP contribution in [0, 0.1) is 0 Å². The van der Waals surface area contributed by atoms with Crippen molar-refractivity contribution in [3.63, 3.8) is 0 Å². The molecule has 0 bridgehead atoms. The zero-order chi connectivity index (χ0) is 14.5. The first-order valence-electron chi connectivity index (χ1n) is 6.82. The number of hydrogen-bond acceptors (Lipinski definition) is 3. The molecule has 0 aliphatic heterocycles. The van der Waals surface area contributed by atoms with Crippen LogP contribution in [0.5, 0.6) is 0 Å². The number of aromatic nitrogens is 3. The normalized spacial score (nSPS) is 11.0. The van der Waals surface area contributed by atoms with Crippen LogP contribution < -0.4 is 0 Å². The number of rotatable bonds is 6. The maximum atomic E-state index is 12.1. The van der Waals surface area contributed by atoms with E-state index in [2.05, 4.69) is 23.9 Å². The smallest absolute Gasteiger partial charge is 0.170 e. The molecule has 5 heteroatoms. The molecule has 2 aromatic heterocycles. The number of halogens is 1. The van der Waals surface area contributed by atoms with Gasteiger partial charge in [0.2, 0.25) is 0 Å². The van der Waals surface area contributed by atoms with Gasteiger partial charge in [0.25, 0.3) is 0 Å². The van der Waals surface area contributed by atoms with Crippen molar-refractivity contribution < 1.29 is 4.79 Å². The van der Waals surface area contributed by atoms with E-state index in [9.17, 15) is 4.79 Å². The number of nitrogens with zero attached hydrogens (tertiary/aromatic N) is 3. The molecule has 0 aromatic carbocycles. The highest BCUT2D eigenvalue weighted by Gasteiger charge is 2.12. The molecular weight excluding hydrogens is 274 g/mol. The third kappa shape index (κ3) is 3.45. The lowest BCUT2D eigenvalue weighted by Gasteiger charge is -2.12. The molecule has 0 amide bonds. The largest absolute Gasteiger partial charge is 0.294 e. The molecule has 0 unspecified atom stereocenters. The molecule has 0 aliphatic rings. The summed E-state index contributed by atoms with van der Waals surface area (Å²) in [4.78, 5) is 16.0. The second-order valence-electron chi connectivity index (χ2n) is 4.73. The zero-order valence-electron chi connectivity index (χ0n) is 11.7. The van der Waals surface area contributed by atoms with E-state index in [0.29, 0.717) is 16.8 Å². The predicted molar refractivity (Wildman–Crippen MR) is 79.1 cm³/mol. The molecule has 0 saturated carbocycles. The van der Waals surface area contributed by atoms with Crippen LogP contribution in [0.3, 0.4) is 0 Å². The van der Waals surface area contributed by atoms with Crippen molar-refractivity contribution in [1.29, 1.82) is 0 Å². The summed E-state index contributed by atoms with van der Waals surface area (Å²) in [5, 5.41) is 4.87. The van der Waals surface area contributed by atoms with Gasteiger partial charge in [-0.05, 0) is 31.0 Å². The summed E-state index contributed by atoms with van der Waals surface area (Å²) in [5.41, 5.74) is 1.35. The molecule has 0 radical (unpaired) electrons. The van der Waals surface area contributed by atoms with Gasteiger partial charge in [-0.15, -0.1) is 0 Å². The fourth-order valence-electron chi connectivity index (χ4n) is 2.15. The number of hydrogen-bond donors (Lipinski definition) is 0. The van der Waals surface area contributed by atoms with Gasteiger partial charge in [-0.25, -0.2) is 4.98 Å². The van der Waals surface area contributed by atoms with Crippen molar-refractivity contribution in [3.8, 4) is 0 Å². The highest BCUT2D eigenvalue weighted by atomic mass is 35.5. The van der Waals surface area contributed by atoms with Crippen molar-refractivity contribution in [2.45, 2.75) is 39.2 Å². The maximum absolute atomic E-state index is 12.1. The first-order chi connectivity index (χ1) is 9.63. The molecule has 0 saturated heterocycles. The van der Waals surface area contributed by atoms with E-state index in [0.717, 1.165) is 18.5 Å². The maximum Gasteiger partial charge on any atom is 0.170 e. The third-order valence-corrected chi connectivity index (χ3v) is 3.59. The minimum Gasteiger partial charge on any atom is -0.294 e. The number of ketones is 1. The van der Waals surface area contributed by atoms with E-state index in [4.69, 9.17) is 11.6 Å². The van der Waals surface area contributed by atoms with Crippen LogP contribution in [0.2, 0.25) is 5.15 Å². The lowest BCUT2D eigenvalue weighted by Crippen LogP contribution is -2.09. The molecule has 4 nitrogen and oxygen atoms in total. The van der Waals surface area contributed by atoms with Crippen molar-refractivity contribution in [2.75, 3.05) is 0 Å². The quantitative estimate of drug-likeness (QED) is 0.602. The van der Waals surface area contributed by atoms with Crippen molar-refractivity contribution in [1.82, 2.24) is 14.8 Å². The van der Waals surface area contributed by atoms with Crippen molar-refractivity contribution in [3.05, 3.63) is 47.0 Å². The Morgan fingerprint density at radius 3 is 2.65 bits per heavy atom. The molecule has 2 heterocycles. The average molecular weight is 292 g/mol. The van der Waals surface area contributed by atoms with E-state index >= 15 is 0 Å². The molecule has 20 heavy (non-hydrogen) atoms. The van der Waals surface area contributed by atoms with Gasteiger partial charge in [0.1, 0.15) is 5.15 Å². The Bertz CT molecular complexity index is 573. The summed E-state index contributed by atoms with van der Waals surface area (Å²) in [6, 6.07) is 5.61. The predicted octanol–water partition coefficient (Wildman–Crippen LogP) is 3.72. The Balaban J connectivity index is 2.06. The van der Waals surface area contributed by atoms with E-state index in [1.807, 2.05) is 16.9 Å². The molecule has 0 fully saturated rings. The third-order valence-electron chi connectivity index (χ3n) is 3.37.